The number of carbonyl (C=O) groups is 4. The van der Waals surface area contributed by atoms with Crippen molar-refractivity contribution < 1.29 is 49.9 Å². The van der Waals surface area contributed by atoms with Crippen molar-refractivity contribution in [1.82, 2.24) is 30.2 Å². The number of ether oxygens (including phenoxy) is 1. The molecule has 4 aliphatic rings. The van der Waals surface area contributed by atoms with E-state index in [1.54, 1.807) is 24.4 Å². The van der Waals surface area contributed by atoms with E-state index in [0.717, 1.165) is 23.1 Å². The maximum Gasteiger partial charge on any atom is 0.438 e. The Balaban J connectivity index is 1.23. The van der Waals surface area contributed by atoms with Gasteiger partial charge >= 0.3 is 6.18 Å². The van der Waals surface area contributed by atoms with Crippen LogP contribution in [0.5, 0.6) is 5.88 Å². The minimum Gasteiger partial charge on any atom is -0.471 e. The molecule has 3 N–H and O–H groups in total. The maximum absolute atomic E-state index is 14.5. The second-order valence-corrected chi connectivity index (χ2v) is 17.3. The average Bonchev–Trinajstić information content (AvgIpc) is 4.01. The summed E-state index contributed by atoms with van der Waals surface area (Å²) in [6.45, 7) is 1.31. The van der Waals surface area contributed by atoms with E-state index >= 15 is 0 Å². The van der Waals surface area contributed by atoms with Crippen LogP contribution in [-0.2, 0) is 30.6 Å². The summed E-state index contributed by atoms with van der Waals surface area (Å²) in [6.07, 6.45) is 0.398. The van der Waals surface area contributed by atoms with E-state index in [0.29, 0.717) is 49.0 Å². The van der Waals surface area contributed by atoms with Gasteiger partial charge in [0.15, 0.2) is 0 Å². The smallest absolute Gasteiger partial charge is 0.438 e. The number of nitrogens with zero attached hydrogens (tertiary/aromatic N) is 3. The number of amides is 4. The predicted molar refractivity (Wildman–Crippen MR) is 191 cm³/mol. The molecule has 5 atom stereocenters. The zero-order valence-corrected chi connectivity index (χ0v) is 31.2. The van der Waals surface area contributed by atoms with Gasteiger partial charge in [-0.25, -0.2) is 22.8 Å². The number of hydrogen-bond acceptors (Lipinski definition) is 10. The molecular formula is C36H38F4N6O7S2. The highest BCUT2D eigenvalue weighted by atomic mass is 32.2. The summed E-state index contributed by atoms with van der Waals surface area (Å²) in [7, 11) is -4.00. The second-order valence-electron chi connectivity index (χ2n) is 14.5. The molecule has 13 nitrogen and oxygen atoms in total. The number of sulfonamides is 1. The molecule has 1 aromatic carbocycles. The van der Waals surface area contributed by atoms with Crippen molar-refractivity contribution in [2.75, 3.05) is 6.54 Å². The van der Waals surface area contributed by atoms with E-state index in [9.17, 15) is 45.2 Å². The number of carbonyl (C=O) groups excluding carboxylic acids is 4. The third-order valence-corrected chi connectivity index (χ3v) is 13.2. The molecular weight excluding hydrogens is 769 g/mol. The van der Waals surface area contributed by atoms with Crippen LogP contribution in [0.15, 0.2) is 41.8 Å². The van der Waals surface area contributed by atoms with Gasteiger partial charge in [0, 0.05) is 18.4 Å². The molecule has 3 fully saturated rings. The fourth-order valence-corrected chi connectivity index (χ4v) is 9.30. The average molecular weight is 807 g/mol. The summed E-state index contributed by atoms with van der Waals surface area (Å²) in [5.74, 6) is -5.35. The fourth-order valence-electron chi connectivity index (χ4n) is 7.11. The van der Waals surface area contributed by atoms with E-state index in [2.05, 4.69) is 25.3 Å². The van der Waals surface area contributed by atoms with Gasteiger partial charge in [-0.3, -0.25) is 23.9 Å². The molecule has 4 heterocycles. The Hall–Kier alpha value is -4.65. The Kier molecular flexibility index (Phi) is 10.4. The SMILES string of the molecule is Cc1ccsc1C(=O)N[C@H]1CCCCCC=C[C@@H]2C[C@@]2(C(=O)NS(=O)(=O)C2CC2)NC(=O)[C@@H]2C[C@@H](Oc3nc4cc(F)ccc4nc3C(F)(F)F)CN2C1=O. The van der Waals surface area contributed by atoms with Crippen LogP contribution in [0.2, 0.25) is 0 Å². The van der Waals surface area contributed by atoms with E-state index in [1.807, 2.05) is 6.08 Å². The van der Waals surface area contributed by atoms with Gasteiger partial charge in [0.1, 0.15) is 29.5 Å². The summed E-state index contributed by atoms with van der Waals surface area (Å²) >= 11 is 1.18. The molecule has 3 aromatic rings. The van der Waals surface area contributed by atoms with Gasteiger partial charge in [0.2, 0.25) is 33.4 Å². The summed E-state index contributed by atoms with van der Waals surface area (Å²) in [5.41, 5.74) is -2.95. The molecule has 2 saturated carbocycles. The van der Waals surface area contributed by atoms with Crippen LogP contribution in [0.1, 0.15) is 78.7 Å². The molecule has 2 aliphatic carbocycles. The minimum atomic E-state index is -5.05. The Morgan fingerprint density at radius 3 is 2.56 bits per heavy atom. The molecule has 0 radical (unpaired) electrons. The number of halogens is 4. The number of allylic oxidation sites excluding steroid dienone is 1. The van der Waals surface area contributed by atoms with Crippen LogP contribution < -0.4 is 20.1 Å². The van der Waals surface area contributed by atoms with E-state index < -0.39 is 98.7 Å². The van der Waals surface area contributed by atoms with Crippen LogP contribution in [0.4, 0.5) is 17.6 Å². The first-order valence-electron chi connectivity index (χ1n) is 18.0. The molecule has 1 saturated heterocycles. The van der Waals surface area contributed by atoms with Crippen molar-refractivity contribution in [2.45, 2.75) is 99.9 Å². The van der Waals surface area contributed by atoms with Crippen molar-refractivity contribution in [1.29, 1.82) is 0 Å². The topological polar surface area (TPSA) is 177 Å². The molecule has 0 unspecified atom stereocenters. The molecule has 0 spiro atoms. The Morgan fingerprint density at radius 2 is 1.85 bits per heavy atom. The van der Waals surface area contributed by atoms with E-state index in [1.165, 1.54) is 11.3 Å². The van der Waals surface area contributed by atoms with Gasteiger partial charge in [0.05, 0.1) is 27.7 Å². The van der Waals surface area contributed by atoms with Gasteiger partial charge in [-0.05, 0) is 74.6 Å². The van der Waals surface area contributed by atoms with Gasteiger partial charge in [-0.1, -0.05) is 25.0 Å². The third kappa shape index (κ3) is 8.17. The van der Waals surface area contributed by atoms with Crippen LogP contribution in [0, 0.1) is 18.7 Å². The summed E-state index contributed by atoms with van der Waals surface area (Å²) in [5, 5.41) is 6.49. The zero-order valence-electron chi connectivity index (χ0n) is 29.5. The monoisotopic (exact) mass is 806 g/mol. The Bertz CT molecular complexity index is 2180. The normalized spacial score (nSPS) is 26.3. The quantitative estimate of drug-likeness (QED) is 0.232. The molecule has 0 bridgehead atoms. The van der Waals surface area contributed by atoms with Gasteiger partial charge in [-0.15, -0.1) is 11.3 Å². The number of aromatic nitrogens is 2. The first-order chi connectivity index (χ1) is 26.1. The number of thiophene rings is 1. The molecule has 55 heavy (non-hydrogen) atoms. The van der Waals surface area contributed by atoms with Crippen molar-refractivity contribution in [3.05, 3.63) is 63.7 Å². The van der Waals surface area contributed by atoms with E-state index in [-0.39, 0.29) is 30.3 Å². The lowest BCUT2D eigenvalue weighted by molar-refractivity contribution is -0.143. The highest BCUT2D eigenvalue weighted by Gasteiger charge is 2.62. The van der Waals surface area contributed by atoms with Crippen molar-refractivity contribution >= 4 is 56.0 Å². The first-order valence-corrected chi connectivity index (χ1v) is 20.4. The number of fused-ring (bicyclic) bond motifs is 3. The molecule has 4 amide bonds. The first kappa shape index (κ1) is 38.6. The molecule has 2 aromatic heterocycles. The van der Waals surface area contributed by atoms with Gasteiger partial charge in [0.25, 0.3) is 11.8 Å². The predicted octanol–water partition coefficient (Wildman–Crippen LogP) is 4.31. The number of nitrogens with one attached hydrogen (secondary N) is 3. The second kappa shape index (κ2) is 14.8. The third-order valence-electron chi connectivity index (χ3n) is 10.4. The largest absolute Gasteiger partial charge is 0.471 e. The summed E-state index contributed by atoms with van der Waals surface area (Å²) in [6, 6.07) is 2.05. The van der Waals surface area contributed by atoms with Crippen LogP contribution in [-0.4, -0.2) is 82.4 Å². The highest BCUT2D eigenvalue weighted by molar-refractivity contribution is 7.91. The molecule has 19 heteroatoms. The lowest BCUT2D eigenvalue weighted by Crippen LogP contribution is -2.58. The lowest BCUT2D eigenvalue weighted by Gasteiger charge is -2.30. The van der Waals surface area contributed by atoms with Gasteiger partial charge < -0.3 is 20.3 Å². The number of benzene rings is 1. The maximum atomic E-state index is 14.5. The Morgan fingerprint density at radius 1 is 1.07 bits per heavy atom. The number of rotatable bonds is 7. The Labute approximate surface area is 317 Å². The highest BCUT2D eigenvalue weighted by Crippen LogP contribution is 2.46. The lowest BCUT2D eigenvalue weighted by atomic mass is 10.0. The van der Waals surface area contributed by atoms with Crippen molar-refractivity contribution in [3.63, 3.8) is 0 Å². The number of hydrogen-bond donors (Lipinski definition) is 3. The van der Waals surface area contributed by atoms with Crippen molar-refractivity contribution in [2.24, 2.45) is 5.92 Å². The zero-order chi connectivity index (χ0) is 39.3. The fraction of sp³-hybridized carbons (Fsp3) is 0.500. The standard InChI is InChI=1S/C36H38F4N6O7S2/c1-19-13-14-54-28(19)31(48)42-25-8-6-4-2-3-5-7-20-17-35(20,34(50)45-55(51,52)23-10-11-23)44-30(47)27-16-22(18-46(27)33(25)49)53-32-29(36(38,39)40)41-24-12-9-21(37)15-26(24)43-32/h5,7,9,12-15,20,22-23,25,27H,2-4,6,8,10-11,16-18H2,1H3,(H,42,48)(H,44,47)(H,45,50)/t20-,22-,25+,27+,35-/m1/s1. The minimum absolute atomic E-state index is 0.0683. The van der Waals surface area contributed by atoms with Crippen molar-refractivity contribution in [3.8, 4) is 5.88 Å². The van der Waals surface area contributed by atoms with Gasteiger partial charge in [-0.2, -0.15) is 13.2 Å². The van der Waals surface area contributed by atoms with Crippen LogP contribution in [0.25, 0.3) is 11.0 Å². The number of aryl methyl sites for hydroxylation is 1. The van der Waals surface area contributed by atoms with E-state index in [4.69, 9.17) is 4.74 Å². The summed E-state index contributed by atoms with van der Waals surface area (Å²) in [4.78, 5) is 64.8. The van der Waals surface area contributed by atoms with Crippen LogP contribution >= 0.6 is 11.3 Å². The molecule has 7 rings (SSSR count). The molecule has 2 aliphatic heterocycles. The number of alkyl halides is 3. The van der Waals surface area contributed by atoms with Crippen LogP contribution in [0.3, 0.4) is 0 Å². The molecule has 294 valence electrons. The summed E-state index contributed by atoms with van der Waals surface area (Å²) < 4.78 is 90.3.